The van der Waals surface area contributed by atoms with Gasteiger partial charge in [0.05, 0.1) is 38.7 Å². The summed E-state index contributed by atoms with van der Waals surface area (Å²) in [5.74, 6) is 0.182. The summed E-state index contributed by atoms with van der Waals surface area (Å²) in [5, 5.41) is -0.337. The van der Waals surface area contributed by atoms with Crippen molar-refractivity contribution in [3.05, 3.63) is 35.9 Å². The molecule has 0 atom stereocenters. The molecule has 0 spiro atoms. The van der Waals surface area contributed by atoms with Crippen molar-refractivity contribution in [2.45, 2.75) is 0 Å². The summed E-state index contributed by atoms with van der Waals surface area (Å²) in [6.45, 7) is 0. The smallest absolute Gasteiger partial charge is 0.328 e. The fourth-order valence-electron chi connectivity index (χ4n) is 1.72. The number of carbonyl (C=O) groups excluding carboxylic acids is 2. The lowest BCUT2D eigenvalue weighted by Gasteiger charge is -2.10. The summed E-state index contributed by atoms with van der Waals surface area (Å²) in [6, 6.07) is 8.03. The van der Waals surface area contributed by atoms with Crippen molar-refractivity contribution in [2.75, 3.05) is 27.1 Å². The molecule has 2 rings (SSSR count). The number of para-hydroxylation sites is 1. The SMILES string of the molecule is COC(=O)CSC(=O)c1ccccc1Oc1nc(OC)cc(OC)n1. The zero-order valence-electron chi connectivity index (χ0n) is 13.8. The van der Waals surface area contributed by atoms with Crippen LogP contribution in [0.2, 0.25) is 0 Å². The lowest BCUT2D eigenvalue weighted by molar-refractivity contribution is -0.137. The van der Waals surface area contributed by atoms with Crippen molar-refractivity contribution in [2.24, 2.45) is 0 Å². The van der Waals surface area contributed by atoms with E-state index in [1.54, 1.807) is 24.3 Å². The molecule has 2 aromatic rings. The van der Waals surface area contributed by atoms with E-state index in [4.69, 9.17) is 14.2 Å². The summed E-state index contributed by atoms with van der Waals surface area (Å²) in [6.07, 6.45) is 0. The summed E-state index contributed by atoms with van der Waals surface area (Å²) in [5.41, 5.74) is 0.279. The van der Waals surface area contributed by atoms with Crippen molar-refractivity contribution in [1.82, 2.24) is 9.97 Å². The first kappa shape index (κ1) is 18.5. The fourth-order valence-corrected chi connectivity index (χ4v) is 2.41. The van der Waals surface area contributed by atoms with E-state index < -0.39 is 5.97 Å². The fraction of sp³-hybridized carbons (Fsp3) is 0.250. The van der Waals surface area contributed by atoms with Crippen LogP contribution in [0.3, 0.4) is 0 Å². The Labute approximate surface area is 148 Å². The minimum Gasteiger partial charge on any atom is -0.481 e. The Hall–Kier alpha value is -2.81. The van der Waals surface area contributed by atoms with Gasteiger partial charge in [0.25, 0.3) is 0 Å². The second kappa shape index (κ2) is 8.88. The number of rotatable bonds is 7. The standard InChI is InChI=1S/C16H16N2O6S/c1-21-12-8-13(22-2)18-16(17-12)24-11-7-5-4-6-10(11)15(20)25-9-14(19)23-3/h4-8H,9H2,1-3H3. The first-order valence-electron chi connectivity index (χ1n) is 7.05. The predicted octanol–water partition coefficient (Wildman–Crippen LogP) is 2.33. The molecule has 0 aliphatic carbocycles. The van der Waals surface area contributed by atoms with Crippen molar-refractivity contribution in [3.63, 3.8) is 0 Å². The second-order valence-corrected chi connectivity index (χ2v) is 5.43. The molecule has 1 aromatic carbocycles. The molecule has 0 unspecified atom stereocenters. The first-order chi connectivity index (χ1) is 12.1. The third-order valence-electron chi connectivity index (χ3n) is 2.93. The van der Waals surface area contributed by atoms with Crippen LogP contribution in [0.1, 0.15) is 10.4 Å². The van der Waals surface area contributed by atoms with Gasteiger partial charge in [0.1, 0.15) is 5.75 Å². The maximum atomic E-state index is 12.3. The second-order valence-electron chi connectivity index (χ2n) is 4.49. The molecule has 9 heteroatoms. The Morgan fingerprint density at radius 1 is 1.04 bits per heavy atom. The van der Waals surface area contributed by atoms with Gasteiger partial charge in [-0.05, 0) is 12.1 Å². The Morgan fingerprint density at radius 2 is 1.68 bits per heavy atom. The van der Waals surface area contributed by atoms with Crippen LogP contribution in [-0.4, -0.2) is 48.1 Å². The highest BCUT2D eigenvalue weighted by Crippen LogP contribution is 2.28. The van der Waals surface area contributed by atoms with Crippen molar-refractivity contribution in [1.29, 1.82) is 0 Å². The molecule has 0 radical (unpaired) electrons. The lowest BCUT2D eigenvalue weighted by Crippen LogP contribution is -2.07. The number of carbonyl (C=O) groups is 2. The Morgan fingerprint density at radius 3 is 2.28 bits per heavy atom. The highest BCUT2D eigenvalue weighted by Gasteiger charge is 2.17. The van der Waals surface area contributed by atoms with Crippen molar-refractivity contribution < 1.29 is 28.5 Å². The molecule has 25 heavy (non-hydrogen) atoms. The molecule has 1 aromatic heterocycles. The number of thioether (sulfide) groups is 1. The van der Waals surface area contributed by atoms with E-state index in [0.717, 1.165) is 11.8 Å². The summed E-state index contributed by atoms with van der Waals surface area (Å²) in [7, 11) is 4.16. The Kier molecular flexibility index (Phi) is 6.58. The number of aromatic nitrogens is 2. The zero-order chi connectivity index (χ0) is 18.2. The monoisotopic (exact) mass is 364 g/mol. The average molecular weight is 364 g/mol. The topological polar surface area (TPSA) is 96.8 Å². The summed E-state index contributed by atoms with van der Waals surface area (Å²) < 4.78 is 20.3. The van der Waals surface area contributed by atoms with Gasteiger partial charge in [0, 0.05) is 0 Å². The van der Waals surface area contributed by atoms with Crippen LogP contribution < -0.4 is 14.2 Å². The molecule has 0 aliphatic rings. The van der Waals surface area contributed by atoms with Crippen LogP contribution in [0.25, 0.3) is 0 Å². The number of benzene rings is 1. The van der Waals surface area contributed by atoms with Crippen molar-refractivity contribution >= 4 is 22.8 Å². The maximum Gasteiger partial charge on any atom is 0.328 e. The maximum absolute atomic E-state index is 12.3. The van der Waals surface area contributed by atoms with E-state index in [9.17, 15) is 9.59 Å². The molecule has 0 saturated carbocycles. The average Bonchev–Trinajstić information content (AvgIpc) is 2.65. The normalized spacial score (nSPS) is 10.0. The molecular formula is C16H16N2O6S. The van der Waals surface area contributed by atoms with Gasteiger partial charge >= 0.3 is 12.0 Å². The van der Waals surface area contributed by atoms with Gasteiger partial charge in [-0.2, -0.15) is 9.97 Å². The minimum absolute atomic E-state index is 0.0329. The van der Waals surface area contributed by atoms with E-state index in [-0.39, 0.29) is 40.0 Å². The highest BCUT2D eigenvalue weighted by atomic mass is 32.2. The lowest BCUT2D eigenvalue weighted by atomic mass is 10.2. The van der Waals surface area contributed by atoms with E-state index in [2.05, 4.69) is 14.7 Å². The van der Waals surface area contributed by atoms with Crippen LogP contribution >= 0.6 is 11.8 Å². The molecule has 0 N–H and O–H groups in total. The quantitative estimate of drug-likeness (QED) is 0.686. The minimum atomic E-state index is -0.488. The van der Waals surface area contributed by atoms with Gasteiger partial charge in [-0.15, -0.1) is 0 Å². The van der Waals surface area contributed by atoms with Crippen LogP contribution in [-0.2, 0) is 9.53 Å². The van der Waals surface area contributed by atoms with Crippen LogP contribution in [0.15, 0.2) is 30.3 Å². The molecule has 8 nitrogen and oxygen atoms in total. The van der Waals surface area contributed by atoms with Gasteiger partial charge in [-0.3, -0.25) is 9.59 Å². The van der Waals surface area contributed by atoms with Gasteiger partial charge in [0.15, 0.2) is 0 Å². The Bertz CT molecular complexity index is 746. The number of esters is 1. The zero-order valence-corrected chi connectivity index (χ0v) is 14.7. The van der Waals surface area contributed by atoms with E-state index in [0.29, 0.717) is 0 Å². The third-order valence-corrected chi connectivity index (χ3v) is 3.80. The third kappa shape index (κ3) is 5.08. The molecule has 132 valence electrons. The number of hydrogen-bond donors (Lipinski definition) is 0. The molecule has 0 amide bonds. The van der Waals surface area contributed by atoms with Crippen LogP contribution in [0.5, 0.6) is 23.5 Å². The molecule has 1 heterocycles. The van der Waals surface area contributed by atoms with Gasteiger partial charge in [-0.25, -0.2) is 0 Å². The van der Waals surface area contributed by atoms with Crippen LogP contribution in [0.4, 0.5) is 0 Å². The highest BCUT2D eigenvalue weighted by molar-refractivity contribution is 8.14. The molecular weight excluding hydrogens is 348 g/mol. The summed E-state index contributed by atoms with van der Waals surface area (Å²) >= 11 is 0.819. The van der Waals surface area contributed by atoms with Gasteiger partial charge in [-0.1, -0.05) is 23.9 Å². The van der Waals surface area contributed by atoms with E-state index in [1.165, 1.54) is 27.4 Å². The number of hydrogen-bond acceptors (Lipinski definition) is 9. The van der Waals surface area contributed by atoms with Gasteiger partial charge < -0.3 is 18.9 Å². The predicted molar refractivity (Wildman–Crippen MR) is 90.5 cm³/mol. The molecule has 0 saturated heterocycles. The van der Waals surface area contributed by atoms with E-state index in [1.807, 2.05) is 0 Å². The molecule has 0 fully saturated rings. The number of ether oxygens (including phenoxy) is 4. The largest absolute Gasteiger partial charge is 0.481 e. The van der Waals surface area contributed by atoms with Crippen LogP contribution in [0, 0.1) is 0 Å². The number of methoxy groups -OCH3 is 3. The van der Waals surface area contributed by atoms with E-state index >= 15 is 0 Å². The van der Waals surface area contributed by atoms with Gasteiger partial charge in [0.2, 0.25) is 16.9 Å². The Balaban J connectivity index is 2.23. The molecule has 0 bridgehead atoms. The summed E-state index contributed by atoms with van der Waals surface area (Å²) in [4.78, 5) is 31.6. The first-order valence-corrected chi connectivity index (χ1v) is 8.03. The number of nitrogens with zero attached hydrogens (tertiary/aromatic N) is 2. The molecule has 0 aliphatic heterocycles. The van der Waals surface area contributed by atoms with Crippen molar-refractivity contribution in [3.8, 4) is 23.5 Å².